The van der Waals surface area contributed by atoms with E-state index < -0.39 is 23.5 Å². The van der Waals surface area contributed by atoms with E-state index in [1.165, 1.54) is 19.1 Å². The van der Waals surface area contributed by atoms with Crippen LogP contribution in [0.15, 0.2) is 47.6 Å². The van der Waals surface area contributed by atoms with Crippen LogP contribution < -0.4 is 0 Å². The molecule has 1 aliphatic rings. The summed E-state index contributed by atoms with van der Waals surface area (Å²) in [4.78, 5) is 22.7. The number of benzene rings is 1. The molecule has 0 saturated heterocycles. The normalized spacial score (nSPS) is 22.5. The predicted octanol–water partition coefficient (Wildman–Crippen LogP) is 2.81. The lowest BCUT2D eigenvalue weighted by Crippen LogP contribution is -2.30. The van der Waals surface area contributed by atoms with Gasteiger partial charge in [0.1, 0.15) is 6.10 Å². The first kappa shape index (κ1) is 16.3. The fraction of sp³-hybridized carbons (Fsp3) is 0.250. The van der Waals surface area contributed by atoms with E-state index in [1.54, 1.807) is 24.3 Å². The van der Waals surface area contributed by atoms with E-state index in [9.17, 15) is 24.9 Å². The van der Waals surface area contributed by atoms with Gasteiger partial charge in [-0.15, -0.1) is 0 Å². The van der Waals surface area contributed by atoms with Crippen molar-refractivity contribution in [2.45, 2.75) is 19.4 Å². The highest BCUT2D eigenvalue weighted by Crippen LogP contribution is 2.38. The molecule has 2 rings (SSSR count). The van der Waals surface area contributed by atoms with Gasteiger partial charge in [-0.2, -0.15) is 0 Å². The van der Waals surface area contributed by atoms with Crippen LogP contribution in [0.4, 0.5) is 0 Å². The third-order valence-electron chi connectivity index (χ3n) is 3.63. The lowest BCUT2D eigenvalue weighted by molar-refractivity contribution is -0.145. The molecule has 0 aromatic heterocycles. The van der Waals surface area contributed by atoms with Gasteiger partial charge in [-0.1, -0.05) is 29.8 Å². The van der Waals surface area contributed by atoms with Crippen molar-refractivity contribution in [3.8, 4) is 0 Å². The molecule has 3 N–H and O–H groups in total. The van der Waals surface area contributed by atoms with Crippen molar-refractivity contribution in [2.75, 3.05) is 0 Å². The number of hydrogen-bond donors (Lipinski definition) is 3. The van der Waals surface area contributed by atoms with E-state index >= 15 is 0 Å². The Balaban J connectivity index is 2.48. The summed E-state index contributed by atoms with van der Waals surface area (Å²) in [6, 6.07) is 6.49. The maximum atomic E-state index is 11.4. The van der Waals surface area contributed by atoms with Gasteiger partial charge >= 0.3 is 11.9 Å². The molecular weight excluding hydrogens is 308 g/mol. The molecule has 22 heavy (non-hydrogen) atoms. The highest BCUT2D eigenvalue weighted by molar-refractivity contribution is 6.30. The zero-order chi connectivity index (χ0) is 16.5. The fourth-order valence-corrected chi connectivity index (χ4v) is 2.61. The topological polar surface area (TPSA) is 94.8 Å². The monoisotopic (exact) mass is 322 g/mol. The van der Waals surface area contributed by atoms with Crippen LogP contribution in [-0.4, -0.2) is 27.3 Å². The van der Waals surface area contributed by atoms with Gasteiger partial charge in [0.25, 0.3) is 0 Å². The third kappa shape index (κ3) is 3.21. The van der Waals surface area contributed by atoms with Crippen molar-refractivity contribution < 1.29 is 24.9 Å². The van der Waals surface area contributed by atoms with Crippen LogP contribution in [0.5, 0.6) is 0 Å². The Morgan fingerprint density at radius 2 is 2.00 bits per heavy atom. The zero-order valence-corrected chi connectivity index (χ0v) is 12.5. The maximum absolute atomic E-state index is 11.4. The van der Waals surface area contributed by atoms with E-state index in [-0.39, 0.29) is 17.6 Å². The molecule has 0 heterocycles. The lowest BCUT2D eigenvalue weighted by Gasteiger charge is -2.28. The minimum atomic E-state index is -1.38. The lowest BCUT2D eigenvalue weighted by atomic mass is 9.76. The second kappa shape index (κ2) is 5.94. The fourth-order valence-electron chi connectivity index (χ4n) is 2.41. The van der Waals surface area contributed by atoms with Crippen LogP contribution in [0.25, 0.3) is 0 Å². The first-order valence-electron chi connectivity index (χ1n) is 6.56. The third-order valence-corrected chi connectivity index (χ3v) is 3.86. The van der Waals surface area contributed by atoms with Gasteiger partial charge in [0.2, 0.25) is 0 Å². The Kier molecular flexibility index (Phi) is 4.39. The van der Waals surface area contributed by atoms with Crippen LogP contribution in [0, 0.1) is 5.41 Å². The minimum Gasteiger partial charge on any atom is -0.481 e. The zero-order valence-electron chi connectivity index (χ0n) is 11.8. The molecule has 116 valence electrons. The van der Waals surface area contributed by atoms with Gasteiger partial charge in [-0.3, -0.25) is 4.79 Å². The average Bonchev–Trinajstić information content (AvgIpc) is 2.45. The summed E-state index contributed by atoms with van der Waals surface area (Å²) < 4.78 is 0. The molecular formula is C16H15ClO5. The molecule has 2 atom stereocenters. The average molecular weight is 323 g/mol. The van der Waals surface area contributed by atoms with E-state index in [2.05, 4.69) is 0 Å². The standard InChI is InChI=1S/C16H15ClO5/c1-16(15(21)22)7-10(5-11(8-16)14(19)20)13(18)9-3-2-4-12(17)6-9/h2-7,13,18H,8H2,1H3,(H,19,20)(H,21,22). The smallest absolute Gasteiger partial charge is 0.331 e. The second-order valence-corrected chi connectivity index (χ2v) is 5.91. The Hall–Kier alpha value is -2.11. The number of halogens is 1. The Bertz CT molecular complexity index is 692. The highest BCUT2D eigenvalue weighted by Gasteiger charge is 2.37. The maximum Gasteiger partial charge on any atom is 0.331 e. The predicted molar refractivity (Wildman–Crippen MR) is 80.6 cm³/mol. The second-order valence-electron chi connectivity index (χ2n) is 5.48. The molecule has 1 aromatic carbocycles. The van der Waals surface area contributed by atoms with E-state index in [4.69, 9.17) is 11.6 Å². The van der Waals surface area contributed by atoms with Crippen molar-refractivity contribution in [2.24, 2.45) is 5.41 Å². The quantitative estimate of drug-likeness (QED) is 0.792. The molecule has 0 amide bonds. The van der Waals surface area contributed by atoms with Crippen LogP contribution in [0.3, 0.4) is 0 Å². The van der Waals surface area contributed by atoms with Crippen molar-refractivity contribution >= 4 is 23.5 Å². The summed E-state index contributed by atoms with van der Waals surface area (Å²) in [5, 5.41) is 29.4. The van der Waals surface area contributed by atoms with Gasteiger partial charge in [0.15, 0.2) is 0 Å². The van der Waals surface area contributed by atoms with Crippen molar-refractivity contribution in [1.29, 1.82) is 0 Å². The van der Waals surface area contributed by atoms with Gasteiger partial charge in [-0.25, -0.2) is 4.79 Å². The number of hydrogen-bond acceptors (Lipinski definition) is 3. The van der Waals surface area contributed by atoms with E-state index in [0.29, 0.717) is 10.6 Å². The van der Waals surface area contributed by atoms with E-state index in [1.807, 2.05) is 0 Å². The number of carbonyl (C=O) groups is 2. The summed E-state index contributed by atoms with van der Waals surface area (Å²) in [7, 11) is 0. The Labute approximate surface area is 132 Å². The van der Waals surface area contributed by atoms with E-state index in [0.717, 1.165) is 0 Å². The van der Waals surface area contributed by atoms with Crippen LogP contribution >= 0.6 is 11.6 Å². The Morgan fingerprint density at radius 1 is 1.32 bits per heavy atom. The Morgan fingerprint density at radius 3 is 2.55 bits per heavy atom. The van der Waals surface area contributed by atoms with Gasteiger partial charge in [0.05, 0.1) is 5.41 Å². The minimum absolute atomic E-state index is 0.0523. The van der Waals surface area contributed by atoms with Crippen molar-refractivity contribution in [3.05, 3.63) is 58.1 Å². The number of rotatable bonds is 4. The molecule has 6 heteroatoms. The van der Waals surface area contributed by atoms with Gasteiger partial charge < -0.3 is 15.3 Å². The highest BCUT2D eigenvalue weighted by atomic mass is 35.5. The molecule has 2 unspecified atom stereocenters. The molecule has 5 nitrogen and oxygen atoms in total. The number of aliphatic carboxylic acids is 2. The van der Waals surface area contributed by atoms with Gasteiger partial charge in [0, 0.05) is 10.6 Å². The number of aliphatic hydroxyl groups is 1. The summed E-state index contributed by atoms with van der Waals surface area (Å²) in [5.41, 5.74) is -0.731. The molecule has 0 bridgehead atoms. The number of aliphatic hydroxyl groups excluding tert-OH is 1. The van der Waals surface area contributed by atoms with Crippen LogP contribution in [0.1, 0.15) is 25.0 Å². The molecule has 0 saturated carbocycles. The SMILES string of the molecule is CC1(C(=O)O)C=C(C(O)c2cccc(Cl)c2)C=C(C(=O)O)C1. The largest absolute Gasteiger partial charge is 0.481 e. The van der Waals surface area contributed by atoms with Crippen molar-refractivity contribution in [3.63, 3.8) is 0 Å². The first-order chi connectivity index (χ1) is 10.2. The van der Waals surface area contributed by atoms with Gasteiger partial charge in [-0.05, 0) is 42.7 Å². The first-order valence-corrected chi connectivity index (χ1v) is 6.94. The molecule has 0 radical (unpaired) electrons. The molecule has 0 fully saturated rings. The number of carboxylic acids is 2. The molecule has 1 aliphatic carbocycles. The summed E-state index contributed by atoms with van der Waals surface area (Å²) in [5.74, 6) is -2.34. The molecule has 0 aliphatic heterocycles. The van der Waals surface area contributed by atoms with Crippen LogP contribution in [-0.2, 0) is 9.59 Å². The number of carboxylic acid groups (broad SMARTS) is 2. The van der Waals surface area contributed by atoms with Crippen molar-refractivity contribution in [1.82, 2.24) is 0 Å². The molecule has 1 aromatic rings. The summed E-state index contributed by atoms with van der Waals surface area (Å²) >= 11 is 5.88. The summed E-state index contributed by atoms with van der Waals surface area (Å²) in [6.07, 6.45) is 1.43. The summed E-state index contributed by atoms with van der Waals surface area (Å²) in [6.45, 7) is 1.43. The van der Waals surface area contributed by atoms with Crippen LogP contribution in [0.2, 0.25) is 5.02 Å². The molecule has 0 spiro atoms.